The molecule has 1 saturated carbocycles. The van der Waals surface area contributed by atoms with Crippen LogP contribution >= 0.6 is 15.9 Å². The highest BCUT2D eigenvalue weighted by Crippen LogP contribution is 2.41. The molecular formula is C20H29BrN6. The Morgan fingerprint density at radius 3 is 2.81 bits per heavy atom. The molecule has 3 rings (SSSR count). The standard InChI is InChI=1S/C20H29BrN6/c1-3-18-26-25-15-27(18)12-11-23-19(22-2)24-14-20(9-4-5-10-20)16-7-6-8-17(21)13-16/h6-8,13,15H,3-5,9-12,14H2,1-2H3,(H2,22,23,24). The van der Waals surface area contributed by atoms with Gasteiger partial charge in [-0.1, -0.05) is 47.8 Å². The molecule has 0 radical (unpaired) electrons. The zero-order chi connectivity index (χ0) is 19.1. The topological polar surface area (TPSA) is 67.1 Å². The molecule has 1 aliphatic carbocycles. The Morgan fingerprint density at radius 1 is 1.30 bits per heavy atom. The van der Waals surface area contributed by atoms with Gasteiger partial charge in [-0.25, -0.2) is 0 Å². The molecule has 146 valence electrons. The number of benzene rings is 1. The van der Waals surface area contributed by atoms with Gasteiger partial charge in [-0.05, 0) is 30.5 Å². The van der Waals surface area contributed by atoms with E-state index in [4.69, 9.17) is 0 Å². The Hall–Kier alpha value is -1.89. The first-order valence-electron chi connectivity index (χ1n) is 9.74. The van der Waals surface area contributed by atoms with Crippen molar-refractivity contribution in [2.45, 2.75) is 51.0 Å². The second-order valence-electron chi connectivity index (χ2n) is 7.14. The number of halogens is 1. The minimum absolute atomic E-state index is 0.186. The van der Waals surface area contributed by atoms with Gasteiger partial charge in [0, 0.05) is 43.0 Å². The Kier molecular flexibility index (Phi) is 6.88. The number of guanidine groups is 1. The van der Waals surface area contributed by atoms with Crippen molar-refractivity contribution in [3.63, 3.8) is 0 Å². The molecule has 2 N–H and O–H groups in total. The lowest BCUT2D eigenvalue weighted by molar-refractivity contribution is 0.431. The van der Waals surface area contributed by atoms with Crippen molar-refractivity contribution in [3.8, 4) is 0 Å². The molecule has 6 nitrogen and oxygen atoms in total. The van der Waals surface area contributed by atoms with E-state index in [1.807, 2.05) is 7.05 Å². The molecular weight excluding hydrogens is 404 g/mol. The van der Waals surface area contributed by atoms with Crippen molar-refractivity contribution in [2.24, 2.45) is 4.99 Å². The Morgan fingerprint density at radius 2 is 2.11 bits per heavy atom. The molecule has 0 atom stereocenters. The van der Waals surface area contributed by atoms with E-state index in [0.717, 1.165) is 42.3 Å². The molecule has 0 aliphatic heterocycles. The van der Waals surface area contributed by atoms with Gasteiger partial charge < -0.3 is 15.2 Å². The minimum Gasteiger partial charge on any atom is -0.356 e. The van der Waals surface area contributed by atoms with Gasteiger partial charge in [-0.2, -0.15) is 0 Å². The van der Waals surface area contributed by atoms with Gasteiger partial charge in [-0.15, -0.1) is 10.2 Å². The van der Waals surface area contributed by atoms with Crippen LogP contribution in [0, 0.1) is 0 Å². The summed E-state index contributed by atoms with van der Waals surface area (Å²) in [6, 6.07) is 8.75. The quantitative estimate of drug-likeness (QED) is 0.520. The molecule has 7 heteroatoms. The lowest BCUT2D eigenvalue weighted by Crippen LogP contribution is -2.45. The highest BCUT2D eigenvalue weighted by molar-refractivity contribution is 9.10. The first kappa shape index (κ1) is 19.9. The van der Waals surface area contributed by atoms with Gasteiger partial charge in [0.15, 0.2) is 5.96 Å². The molecule has 27 heavy (non-hydrogen) atoms. The maximum absolute atomic E-state index is 4.40. The summed E-state index contributed by atoms with van der Waals surface area (Å²) in [6.07, 6.45) is 7.68. The summed E-state index contributed by atoms with van der Waals surface area (Å²) in [5, 5.41) is 15.1. The van der Waals surface area contributed by atoms with Crippen LogP contribution in [0.25, 0.3) is 0 Å². The number of nitrogens with zero attached hydrogens (tertiary/aromatic N) is 4. The van der Waals surface area contributed by atoms with Crippen LogP contribution in [0.3, 0.4) is 0 Å². The van der Waals surface area contributed by atoms with Gasteiger partial charge in [0.25, 0.3) is 0 Å². The van der Waals surface area contributed by atoms with Crippen LogP contribution in [0.1, 0.15) is 44.0 Å². The van der Waals surface area contributed by atoms with Crippen molar-refractivity contribution in [2.75, 3.05) is 20.1 Å². The van der Waals surface area contributed by atoms with Crippen LogP contribution in [0.15, 0.2) is 40.1 Å². The normalized spacial score (nSPS) is 16.5. The van der Waals surface area contributed by atoms with Gasteiger partial charge >= 0.3 is 0 Å². The van der Waals surface area contributed by atoms with Crippen LogP contribution in [0.5, 0.6) is 0 Å². The zero-order valence-electron chi connectivity index (χ0n) is 16.2. The van der Waals surface area contributed by atoms with E-state index in [1.54, 1.807) is 6.33 Å². The van der Waals surface area contributed by atoms with E-state index >= 15 is 0 Å². The summed E-state index contributed by atoms with van der Waals surface area (Å²) >= 11 is 3.62. The summed E-state index contributed by atoms with van der Waals surface area (Å²) in [5.74, 6) is 1.86. The van der Waals surface area contributed by atoms with Crippen molar-refractivity contribution < 1.29 is 0 Å². The van der Waals surface area contributed by atoms with E-state index in [1.165, 1.54) is 31.2 Å². The number of rotatable bonds is 7. The van der Waals surface area contributed by atoms with E-state index in [9.17, 15) is 0 Å². The molecule has 1 aromatic carbocycles. The summed E-state index contributed by atoms with van der Waals surface area (Å²) in [6.45, 7) is 4.61. The van der Waals surface area contributed by atoms with Crippen molar-refractivity contribution in [1.29, 1.82) is 0 Å². The van der Waals surface area contributed by atoms with Crippen molar-refractivity contribution in [3.05, 3.63) is 46.5 Å². The summed E-state index contributed by atoms with van der Waals surface area (Å²) < 4.78 is 3.23. The first-order valence-corrected chi connectivity index (χ1v) is 10.5. The monoisotopic (exact) mass is 432 g/mol. The third-order valence-corrected chi connectivity index (χ3v) is 5.97. The fourth-order valence-corrected chi connectivity index (χ4v) is 4.34. The second-order valence-corrected chi connectivity index (χ2v) is 8.06. The predicted molar refractivity (Wildman–Crippen MR) is 113 cm³/mol. The van der Waals surface area contributed by atoms with Crippen LogP contribution < -0.4 is 10.6 Å². The fourth-order valence-electron chi connectivity index (χ4n) is 3.95. The predicted octanol–water partition coefficient (Wildman–Crippen LogP) is 3.28. The number of aromatic nitrogens is 3. The third-order valence-electron chi connectivity index (χ3n) is 5.47. The van der Waals surface area contributed by atoms with Gasteiger partial charge in [0.1, 0.15) is 12.2 Å². The number of hydrogen-bond donors (Lipinski definition) is 2. The molecule has 0 bridgehead atoms. The largest absolute Gasteiger partial charge is 0.356 e. The highest BCUT2D eigenvalue weighted by atomic mass is 79.9. The van der Waals surface area contributed by atoms with Gasteiger partial charge in [-0.3, -0.25) is 4.99 Å². The molecule has 1 fully saturated rings. The Labute approximate surface area is 170 Å². The maximum Gasteiger partial charge on any atom is 0.191 e. The molecule has 1 aliphatic rings. The lowest BCUT2D eigenvalue weighted by atomic mass is 9.79. The molecule has 0 unspecified atom stereocenters. The maximum atomic E-state index is 4.40. The number of aryl methyl sites for hydroxylation is 1. The number of nitrogens with one attached hydrogen (secondary N) is 2. The molecule has 2 aromatic rings. The Bertz CT molecular complexity index is 763. The SMILES string of the molecule is CCc1nncn1CCNC(=NC)NCC1(c2cccc(Br)c2)CCCC1. The average molecular weight is 433 g/mol. The number of aliphatic imine (C=N–C) groups is 1. The van der Waals surface area contributed by atoms with Crippen LogP contribution in [0.2, 0.25) is 0 Å². The molecule has 0 spiro atoms. The van der Waals surface area contributed by atoms with E-state index in [0.29, 0.717) is 0 Å². The summed E-state index contributed by atoms with van der Waals surface area (Å²) in [7, 11) is 1.83. The van der Waals surface area contributed by atoms with Crippen LogP contribution in [-0.4, -0.2) is 40.9 Å². The Balaban J connectivity index is 1.57. The minimum atomic E-state index is 0.186. The number of hydrogen-bond acceptors (Lipinski definition) is 3. The van der Waals surface area contributed by atoms with Crippen molar-refractivity contribution in [1.82, 2.24) is 25.4 Å². The second kappa shape index (κ2) is 9.35. The van der Waals surface area contributed by atoms with E-state index < -0.39 is 0 Å². The van der Waals surface area contributed by atoms with Crippen LogP contribution in [0.4, 0.5) is 0 Å². The summed E-state index contributed by atoms with van der Waals surface area (Å²) in [4.78, 5) is 4.40. The molecule has 0 amide bonds. The van der Waals surface area contributed by atoms with Crippen LogP contribution in [-0.2, 0) is 18.4 Å². The lowest BCUT2D eigenvalue weighted by Gasteiger charge is -2.31. The zero-order valence-corrected chi connectivity index (χ0v) is 17.8. The summed E-state index contributed by atoms with van der Waals surface area (Å²) in [5.41, 5.74) is 1.60. The van der Waals surface area contributed by atoms with Gasteiger partial charge in [0.2, 0.25) is 0 Å². The van der Waals surface area contributed by atoms with Crippen molar-refractivity contribution >= 4 is 21.9 Å². The third kappa shape index (κ3) is 4.89. The van der Waals surface area contributed by atoms with E-state index in [2.05, 4.69) is 77.5 Å². The molecule has 1 aromatic heterocycles. The van der Waals surface area contributed by atoms with E-state index in [-0.39, 0.29) is 5.41 Å². The molecule has 1 heterocycles. The van der Waals surface area contributed by atoms with Gasteiger partial charge in [0.05, 0.1) is 0 Å². The fraction of sp³-hybridized carbons (Fsp3) is 0.550. The smallest absolute Gasteiger partial charge is 0.191 e. The molecule has 0 saturated heterocycles. The highest BCUT2D eigenvalue weighted by Gasteiger charge is 2.35. The first-order chi connectivity index (χ1) is 13.2. The average Bonchev–Trinajstić information content (AvgIpc) is 3.34.